The van der Waals surface area contributed by atoms with Gasteiger partial charge in [0.05, 0.1) is 10.7 Å². The molecule has 27 heavy (non-hydrogen) atoms. The third-order valence-corrected chi connectivity index (χ3v) is 5.49. The van der Waals surface area contributed by atoms with Crippen LogP contribution in [0.1, 0.15) is 6.92 Å². The van der Waals surface area contributed by atoms with Crippen molar-refractivity contribution in [1.82, 2.24) is 0 Å². The molecule has 2 aromatic carbocycles. The number of aliphatic imine (C=N–C) groups is 1. The summed E-state index contributed by atoms with van der Waals surface area (Å²) < 4.78 is 11.6. The Balaban J connectivity index is 0.000000828. The van der Waals surface area contributed by atoms with E-state index >= 15 is 0 Å². The predicted molar refractivity (Wildman–Crippen MR) is 115 cm³/mol. The Hall–Kier alpha value is -2.03. The van der Waals surface area contributed by atoms with Crippen molar-refractivity contribution < 1.29 is 14.1 Å². The molecule has 3 N–H and O–H groups in total. The van der Waals surface area contributed by atoms with Gasteiger partial charge in [0.25, 0.3) is 5.97 Å². The smallest absolute Gasteiger partial charge is 0.300 e. The third kappa shape index (κ3) is 7.24. The van der Waals surface area contributed by atoms with Crippen molar-refractivity contribution >= 4 is 57.5 Å². The van der Waals surface area contributed by atoms with E-state index in [1.54, 1.807) is 22.9 Å². The standard InChI is InChI=1S/C16H18ClN3OS2.C2H4O2/c1-20(11-6-4-7-12(10-11)23(3)21)16(18)19-13-8-5-9-14(22-2)15(13)17;1-2(3)4/h4-10H,1-3H3,(H2,18,19);1H3,(H,3,4)/t23-;/m1./s1. The normalized spacial score (nSPS) is 12.0. The van der Waals surface area contributed by atoms with Crippen LogP contribution in [0.2, 0.25) is 5.02 Å². The topological polar surface area (TPSA) is 96.0 Å². The van der Waals surface area contributed by atoms with Crippen LogP contribution in [0, 0.1) is 0 Å². The number of nitrogens with two attached hydrogens (primary N) is 1. The Kier molecular flexibility index (Phi) is 9.34. The molecule has 0 aliphatic heterocycles. The Bertz CT molecular complexity index is 855. The molecule has 9 heteroatoms. The van der Waals surface area contributed by atoms with Gasteiger partial charge in [0.15, 0.2) is 0 Å². The van der Waals surface area contributed by atoms with Crippen LogP contribution < -0.4 is 10.6 Å². The van der Waals surface area contributed by atoms with Crippen LogP contribution in [0.5, 0.6) is 0 Å². The second-order valence-corrected chi connectivity index (χ2v) is 7.90. The Morgan fingerprint density at radius 2 is 1.89 bits per heavy atom. The summed E-state index contributed by atoms with van der Waals surface area (Å²) in [5, 5.41) is 8.00. The number of aliphatic carboxylic acids is 1. The second-order valence-electron chi connectivity index (χ2n) is 5.29. The number of anilines is 1. The number of rotatable bonds is 4. The average molecular weight is 428 g/mol. The zero-order chi connectivity index (χ0) is 20.6. The minimum atomic E-state index is -1.05. The van der Waals surface area contributed by atoms with Gasteiger partial charge < -0.3 is 15.7 Å². The Morgan fingerprint density at radius 3 is 2.44 bits per heavy atom. The van der Waals surface area contributed by atoms with Gasteiger partial charge in [-0.2, -0.15) is 0 Å². The Labute approximate surface area is 170 Å². The first-order chi connectivity index (χ1) is 12.7. The van der Waals surface area contributed by atoms with E-state index in [1.165, 1.54) is 0 Å². The molecule has 0 spiro atoms. The van der Waals surface area contributed by atoms with Crippen molar-refractivity contribution in [2.24, 2.45) is 10.7 Å². The lowest BCUT2D eigenvalue weighted by molar-refractivity contribution is -0.134. The van der Waals surface area contributed by atoms with Crippen molar-refractivity contribution in [3.8, 4) is 0 Å². The summed E-state index contributed by atoms with van der Waals surface area (Å²) in [6, 6.07) is 13.0. The highest BCUT2D eigenvalue weighted by molar-refractivity contribution is 7.98. The molecule has 0 saturated heterocycles. The van der Waals surface area contributed by atoms with E-state index in [2.05, 4.69) is 4.99 Å². The maximum absolute atomic E-state index is 11.6. The molecule has 2 rings (SSSR count). The molecule has 146 valence electrons. The van der Waals surface area contributed by atoms with E-state index in [9.17, 15) is 4.21 Å². The van der Waals surface area contributed by atoms with Gasteiger partial charge in [-0.25, -0.2) is 4.99 Å². The number of benzene rings is 2. The van der Waals surface area contributed by atoms with Crippen molar-refractivity contribution in [2.45, 2.75) is 16.7 Å². The quantitative estimate of drug-likeness (QED) is 0.435. The molecule has 0 aromatic heterocycles. The van der Waals surface area contributed by atoms with Crippen LogP contribution in [0.4, 0.5) is 11.4 Å². The highest BCUT2D eigenvalue weighted by Gasteiger charge is 2.10. The molecule has 0 fully saturated rings. The van der Waals surface area contributed by atoms with E-state index in [0.717, 1.165) is 22.4 Å². The fourth-order valence-corrected chi connectivity index (χ4v) is 3.40. The van der Waals surface area contributed by atoms with E-state index in [1.807, 2.05) is 55.8 Å². The third-order valence-electron chi connectivity index (χ3n) is 3.28. The molecule has 0 unspecified atom stereocenters. The molecule has 0 heterocycles. The zero-order valence-corrected chi connectivity index (χ0v) is 17.9. The van der Waals surface area contributed by atoms with E-state index in [4.69, 9.17) is 27.2 Å². The van der Waals surface area contributed by atoms with Crippen molar-refractivity contribution in [2.75, 3.05) is 24.5 Å². The van der Waals surface area contributed by atoms with Crippen LogP contribution >= 0.6 is 23.4 Å². The highest BCUT2D eigenvalue weighted by atomic mass is 35.5. The molecule has 0 radical (unpaired) electrons. The van der Waals surface area contributed by atoms with Crippen LogP contribution in [0.25, 0.3) is 0 Å². The molecule has 1 atom stereocenters. The second kappa shape index (κ2) is 11.0. The van der Waals surface area contributed by atoms with Crippen molar-refractivity contribution in [1.29, 1.82) is 0 Å². The maximum Gasteiger partial charge on any atom is 0.300 e. The molecule has 2 aromatic rings. The fraction of sp³-hybridized carbons (Fsp3) is 0.222. The molecule has 0 bridgehead atoms. The fourth-order valence-electron chi connectivity index (χ4n) is 1.94. The van der Waals surface area contributed by atoms with Gasteiger partial charge in [0, 0.05) is 46.5 Å². The summed E-state index contributed by atoms with van der Waals surface area (Å²) >= 11 is 7.89. The Morgan fingerprint density at radius 1 is 1.30 bits per heavy atom. The number of hydrogen-bond acceptors (Lipinski definition) is 4. The van der Waals surface area contributed by atoms with Gasteiger partial charge >= 0.3 is 0 Å². The van der Waals surface area contributed by atoms with E-state index in [0.29, 0.717) is 16.7 Å². The number of hydrogen-bond donors (Lipinski definition) is 2. The molecule has 0 amide bonds. The predicted octanol–water partition coefficient (Wildman–Crippen LogP) is 3.97. The molecule has 6 nitrogen and oxygen atoms in total. The lowest BCUT2D eigenvalue weighted by Crippen LogP contribution is -2.33. The zero-order valence-electron chi connectivity index (χ0n) is 15.5. The first-order valence-corrected chi connectivity index (χ1v) is 10.9. The van der Waals surface area contributed by atoms with Crippen molar-refractivity contribution in [3.05, 3.63) is 47.5 Å². The largest absolute Gasteiger partial charge is 0.481 e. The number of halogens is 1. The number of guanidine groups is 1. The number of nitrogens with zero attached hydrogens (tertiary/aromatic N) is 2. The lowest BCUT2D eigenvalue weighted by Gasteiger charge is -2.19. The summed E-state index contributed by atoms with van der Waals surface area (Å²) in [5.41, 5.74) is 7.54. The van der Waals surface area contributed by atoms with Crippen LogP contribution in [0.3, 0.4) is 0 Å². The van der Waals surface area contributed by atoms with Gasteiger partial charge in [-0.15, -0.1) is 11.8 Å². The molecule has 0 aliphatic rings. The van der Waals surface area contributed by atoms with E-state index in [-0.39, 0.29) is 0 Å². The summed E-state index contributed by atoms with van der Waals surface area (Å²) in [5.74, 6) is -0.524. The molecular weight excluding hydrogens is 406 g/mol. The molecule has 0 saturated carbocycles. The van der Waals surface area contributed by atoms with Crippen molar-refractivity contribution in [3.63, 3.8) is 0 Å². The van der Waals surface area contributed by atoms with Crippen LogP contribution in [0.15, 0.2) is 57.2 Å². The number of thioether (sulfide) groups is 1. The highest BCUT2D eigenvalue weighted by Crippen LogP contribution is 2.33. The van der Waals surface area contributed by atoms with E-state index < -0.39 is 16.8 Å². The molecular formula is C18H22ClN3O3S2. The van der Waals surface area contributed by atoms with Gasteiger partial charge in [0.2, 0.25) is 5.96 Å². The SMILES string of the molecule is CC(=O)O.CSc1cccc(N=C(N)N(C)c2cccc([S@@](C)=O)c2)c1Cl. The summed E-state index contributed by atoms with van der Waals surface area (Å²) in [7, 11) is 0.762. The number of carbonyl (C=O) groups is 1. The lowest BCUT2D eigenvalue weighted by atomic mass is 10.3. The van der Waals surface area contributed by atoms with Crippen LogP contribution in [-0.4, -0.2) is 40.8 Å². The first kappa shape index (κ1) is 23.0. The van der Waals surface area contributed by atoms with Crippen LogP contribution in [-0.2, 0) is 15.6 Å². The summed E-state index contributed by atoms with van der Waals surface area (Å²) in [4.78, 5) is 16.8. The summed E-state index contributed by atoms with van der Waals surface area (Å²) in [6.45, 7) is 1.08. The number of carboxylic acid groups (broad SMARTS) is 1. The maximum atomic E-state index is 11.6. The average Bonchev–Trinajstić information content (AvgIpc) is 2.62. The monoisotopic (exact) mass is 427 g/mol. The van der Waals surface area contributed by atoms with Gasteiger partial charge in [-0.3, -0.25) is 9.00 Å². The van der Waals surface area contributed by atoms with Gasteiger partial charge in [-0.1, -0.05) is 23.7 Å². The minimum Gasteiger partial charge on any atom is -0.481 e. The minimum absolute atomic E-state index is 0.309. The molecule has 0 aliphatic carbocycles. The summed E-state index contributed by atoms with van der Waals surface area (Å²) in [6.07, 6.45) is 3.60. The number of carboxylic acids is 1. The first-order valence-electron chi connectivity index (χ1n) is 7.70. The van der Waals surface area contributed by atoms with Gasteiger partial charge in [-0.05, 0) is 36.6 Å². The van der Waals surface area contributed by atoms with Gasteiger partial charge in [0.1, 0.15) is 0 Å².